The second-order valence-electron chi connectivity index (χ2n) is 5.51. The molecule has 1 amide bonds. The van der Waals surface area contributed by atoms with Gasteiger partial charge in [-0.05, 0) is 25.1 Å². The van der Waals surface area contributed by atoms with Crippen LogP contribution in [-0.2, 0) is 4.79 Å². The number of hydrogen-bond donors (Lipinski definition) is 1. The fourth-order valence-corrected chi connectivity index (χ4v) is 3.30. The van der Waals surface area contributed by atoms with Gasteiger partial charge in [0, 0.05) is 17.5 Å². The number of halogens is 1. The van der Waals surface area contributed by atoms with E-state index in [-0.39, 0.29) is 22.3 Å². The standard InChI is InChI=1S/C18H14ClN3O3S/c1-11(26-17-9-6-12-4-2-3-5-15(12)20-17)18(23)21-16-10-13(22(24)25)7-8-14(16)19/h2-11H,1H3,(H,21,23). The molecule has 0 aliphatic rings. The molecule has 1 N–H and O–H groups in total. The summed E-state index contributed by atoms with van der Waals surface area (Å²) in [6, 6.07) is 15.5. The van der Waals surface area contributed by atoms with Crippen LogP contribution in [0.1, 0.15) is 6.92 Å². The summed E-state index contributed by atoms with van der Waals surface area (Å²) in [5.41, 5.74) is 0.929. The lowest BCUT2D eigenvalue weighted by atomic mass is 10.2. The van der Waals surface area contributed by atoms with E-state index >= 15 is 0 Å². The van der Waals surface area contributed by atoms with Crippen LogP contribution in [0.2, 0.25) is 5.02 Å². The Bertz CT molecular complexity index is 996. The van der Waals surface area contributed by atoms with E-state index in [9.17, 15) is 14.9 Å². The number of hydrogen-bond acceptors (Lipinski definition) is 5. The number of benzene rings is 2. The normalized spacial score (nSPS) is 11.9. The van der Waals surface area contributed by atoms with Gasteiger partial charge < -0.3 is 5.32 Å². The Labute approximate surface area is 158 Å². The molecule has 0 fully saturated rings. The van der Waals surface area contributed by atoms with Crippen LogP contribution in [-0.4, -0.2) is 21.1 Å². The molecule has 1 heterocycles. The summed E-state index contributed by atoms with van der Waals surface area (Å²) in [6.07, 6.45) is 0. The Hall–Kier alpha value is -2.64. The summed E-state index contributed by atoms with van der Waals surface area (Å²) in [4.78, 5) is 27.3. The number of thioether (sulfide) groups is 1. The van der Waals surface area contributed by atoms with Crippen LogP contribution in [0.3, 0.4) is 0 Å². The van der Waals surface area contributed by atoms with E-state index in [1.165, 1.54) is 30.0 Å². The molecule has 0 bridgehead atoms. The lowest BCUT2D eigenvalue weighted by molar-refractivity contribution is -0.384. The average molecular weight is 388 g/mol. The number of nitro benzene ring substituents is 1. The van der Waals surface area contributed by atoms with Gasteiger partial charge in [0.25, 0.3) is 5.69 Å². The maximum absolute atomic E-state index is 12.4. The van der Waals surface area contributed by atoms with Crippen molar-refractivity contribution in [3.63, 3.8) is 0 Å². The highest BCUT2D eigenvalue weighted by Crippen LogP contribution is 2.29. The first kappa shape index (κ1) is 18.2. The fraction of sp³-hybridized carbons (Fsp3) is 0.111. The molecule has 0 aliphatic carbocycles. The predicted molar refractivity (Wildman–Crippen MR) is 104 cm³/mol. The number of amides is 1. The zero-order valence-electron chi connectivity index (χ0n) is 13.7. The number of pyridine rings is 1. The number of nitrogens with zero attached hydrogens (tertiary/aromatic N) is 2. The van der Waals surface area contributed by atoms with Crippen LogP contribution in [0.25, 0.3) is 10.9 Å². The second-order valence-corrected chi connectivity index (χ2v) is 7.28. The summed E-state index contributed by atoms with van der Waals surface area (Å²) in [6.45, 7) is 1.74. The molecule has 26 heavy (non-hydrogen) atoms. The third-order valence-corrected chi connectivity index (χ3v) is 5.02. The molecule has 1 aromatic heterocycles. The van der Waals surface area contributed by atoms with Gasteiger partial charge in [0.1, 0.15) is 0 Å². The topological polar surface area (TPSA) is 85.1 Å². The number of fused-ring (bicyclic) bond motifs is 1. The molecule has 0 spiro atoms. The molecular weight excluding hydrogens is 374 g/mol. The van der Waals surface area contributed by atoms with Gasteiger partial charge >= 0.3 is 0 Å². The Balaban J connectivity index is 1.73. The first-order chi connectivity index (χ1) is 12.4. The van der Waals surface area contributed by atoms with Crippen LogP contribution in [0.5, 0.6) is 0 Å². The SMILES string of the molecule is CC(Sc1ccc2ccccc2n1)C(=O)Nc1cc([N+](=O)[O-])ccc1Cl. The minimum Gasteiger partial charge on any atom is -0.324 e. The molecule has 6 nitrogen and oxygen atoms in total. The predicted octanol–water partition coefficient (Wildman–Crippen LogP) is 4.92. The Morgan fingerprint density at radius 2 is 2.00 bits per heavy atom. The van der Waals surface area contributed by atoms with E-state index in [4.69, 9.17) is 11.6 Å². The quantitative estimate of drug-likeness (QED) is 0.381. The minimum absolute atomic E-state index is 0.138. The van der Waals surface area contributed by atoms with Gasteiger partial charge in [-0.2, -0.15) is 0 Å². The molecule has 1 atom stereocenters. The third kappa shape index (κ3) is 4.12. The molecule has 0 saturated heterocycles. The molecule has 8 heteroatoms. The Morgan fingerprint density at radius 3 is 2.77 bits per heavy atom. The first-order valence-corrected chi connectivity index (χ1v) is 8.97. The lowest BCUT2D eigenvalue weighted by Crippen LogP contribution is -2.22. The van der Waals surface area contributed by atoms with Crippen LogP contribution >= 0.6 is 23.4 Å². The number of para-hydroxylation sites is 1. The number of non-ortho nitro benzene ring substituents is 1. The second kappa shape index (κ2) is 7.72. The number of rotatable bonds is 5. The molecule has 1 unspecified atom stereocenters. The number of anilines is 1. The highest BCUT2D eigenvalue weighted by Gasteiger charge is 2.18. The summed E-state index contributed by atoms with van der Waals surface area (Å²) in [5.74, 6) is -0.313. The summed E-state index contributed by atoms with van der Waals surface area (Å²) in [5, 5.41) is 15.0. The van der Waals surface area contributed by atoms with E-state index in [1.54, 1.807) is 6.92 Å². The van der Waals surface area contributed by atoms with Crippen molar-refractivity contribution in [2.45, 2.75) is 17.2 Å². The molecule has 2 aromatic carbocycles. The highest BCUT2D eigenvalue weighted by atomic mass is 35.5. The van der Waals surface area contributed by atoms with Gasteiger partial charge in [-0.1, -0.05) is 47.6 Å². The van der Waals surface area contributed by atoms with Crippen molar-refractivity contribution in [1.82, 2.24) is 4.98 Å². The Morgan fingerprint density at radius 1 is 1.23 bits per heavy atom. The minimum atomic E-state index is -0.539. The highest BCUT2D eigenvalue weighted by molar-refractivity contribution is 8.00. The first-order valence-electron chi connectivity index (χ1n) is 7.71. The average Bonchev–Trinajstić information content (AvgIpc) is 2.63. The van der Waals surface area contributed by atoms with Crippen molar-refractivity contribution < 1.29 is 9.72 Å². The maximum Gasteiger partial charge on any atom is 0.271 e. The lowest BCUT2D eigenvalue weighted by Gasteiger charge is -2.12. The molecule has 132 valence electrons. The molecule has 3 aromatic rings. The van der Waals surface area contributed by atoms with Crippen molar-refractivity contribution in [2.24, 2.45) is 0 Å². The number of nitrogens with one attached hydrogen (secondary N) is 1. The molecule has 0 radical (unpaired) electrons. The van der Waals surface area contributed by atoms with Crippen LogP contribution in [0.15, 0.2) is 59.6 Å². The fourth-order valence-electron chi connectivity index (χ4n) is 2.30. The van der Waals surface area contributed by atoms with Gasteiger partial charge in [0.15, 0.2) is 0 Å². The van der Waals surface area contributed by atoms with Gasteiger partial charge in [-0.3, -0.25) is 14.9 Å². The monoisotopic (exact) mass is 387 g/mol. The molecule has 0 aliphatic heterocycles. The Kier molecular flexibility index (Phi) is 5.39. The summed E-state index contributed by atoms with van der Waals surface area (Å²) >= 11 is 7.32. The van der Waals surface area contributed by atoms with Gasteiger partial charge in [0.2, 0.25) is 5.91 Å². The summed E-state index contributed by atoms with van der Waals surface area (Å²) < 4.78 is 0. The van der Waals surface area contributed by atoms with Crippen molar-refractivity contribution in [1.29, 1.82) is 0 Å². The van der Waals surface area contributed by atoms with Crippen LogP contribution in [0.4, 0.5) is 11.4 Å². The van der Waals surface area contributed by atoms with E-state index in [1.807, 2.05) is 36.4 Å². The number of nitro groups is 1. The van der Waals surface area contributed by atoms with Crippen molar-refractivity contribution in [2.75, 3.05) is 5.32 Å². The third-order valence-electron chi connectivity index (χ3n) is 3.66. The van der Waals surface area contributed by atoms with Crippen molar-refractivity contribution in [3.05, 3.63) is 69.7 Å². The zero-order chi connectivity index (χ0) is 18.7. The van der Waals surface area contributed by atoms with Gasteiger partial charge in [0.05, 0.1) is 31.4 Å². The largest absolute Gasteiger partial charge is 0.324 e. The zero-order valence-corrected chi connectivity index (χ0v) is 15.3. The van der Waals surface area contributed by atoms with Crippen LogP contribution < -0.4 is 5.32 Å². The van der Waals surface area contributed by atoms with E-state index < -0.39 is 10.2 Å². The number of carbonyl (C=O) groups excluding carboxylic acids is 1. The molecular formula is C18H14ClN3O3S. The molecule has 3 rings (SSSR count). The molecule has 0 saturated carbocycles. The van der Waals surface area contributed by atoms with Crippen molar-refractivity contribution >= 4 is 51.5 Å². The number of carbonyl (C=O) groups is 1. The van der Waals surface area contributed by atoms with Gasteiger partial charge in [-0.25, -0.2) is 4.98 Å². The smallest absolute Gasteiger partial charge is 0.271 e. The van der Waals surface area contributed by atoms with E-state index in [2.05, 4.69) is 10.3 Å². The number of aromatic nitrogens is 1. The van der Waals surface area contributed by atoms with Gasteiger partial charge in [-0.15, -0.1) is 0 Å². The van der Waals surface area contributed by atoms with Crippen LogP contribution in [0, 0.1) is 10.1 Å². The maximum atomic E-state index is 12.4. The van der Waals surface area contributed by atoms with E-state index in [0.29, 0.717) is 0 Å². The summed E-state index contributed by atoms with van der Waals surface area (Å²) in [7, 11) is 0. The van der Waals surface area contributed by atoms with E-state index in [0.717, 1.165) is 15.9 Å². The van der Waals surface area contributed by atoms with Crippen molar-refractivity contribution in [3.8, 4) is 0 Å².